The largest absolute Gasteiger partial charge is 0.415 e. The SMILES string of the molecule is CC1(C)OCC(C(COS(C)(=O)=O)NC(=O)OC(=O)c2ccccc2)O1. The van der Waals surface area contributed by atoms with Gasteiger partial charge >= 0.3 is 12.1 Å². The molecule has 1 N–H and O–H groups in total. The van der Waals surface area contributed by atoms with Crippen LogP contribution in [0.25, 0.3) is 0 Å². The lowest BCUT2D eigenvalue weighted by atomic mass is 10.2. The van der Waals surface area contributed by atoms with Crippen molar-refractivity contribution >= 4 is 22.2 Å². The molecule has 144 valence electrons. The highest BCUT2D eigenvalue weighted by atomic mass is 32.2. The highest BCUT2D eigenvalue weighted by Crippen LogP contribution is 2.24. The smallest absolute Gasteiger partial charge is 0.373 e. The minimum absolute atomic E-state index is 0.109. The monoisotopic (exact) mass is 387 g/mol. The Morgan fingerprint density at radius 1 is 1.31 bits per heavy atom. The molecule has 1 aromatic rings. The Kier molecular flexibility index (Phi) is 6.34. The Balaban J connectivity index is 2.00. The van der Waals surface area contributed by atoms with Gasteiger partial charge in [-0.15, -0.1) is 0 Å². The lowest BCUT2D eigenvalue weighted by Crippen LogP contribution is -2.48. The van der Waals surface area contributed by atoms with Crippen molar-refractivity contribution in [1.29, 1.82) is 0 Å². The standard InChI is InChI=1S/C16H21NO8S/c1-16(2)22-10-13(25-16)12(9-23-26(3,20)21)17-15(19)24-14(18)11-7-5-4-6-8-11/h4-8,12-13H,9-10H2,1-3H3,(H,17,19). The van der Waals surface area contributed by atoms with E-state index in [4.69, 9.17) is 18.4 Å². The summed E-state index contributed by atoms with van der Waals surface area (Å²) in [4.78, 5) is 23.9. The number of ether oxygens (including phenoxy) is 3. The molecule has 9 nitrogen and oxygen atoms in total. The van der Waals surface area contributed by atoms with Crippen LogP contribution in [0.4, 0.5) is 4.79 Å². The molecule has 0 aliphatic carbocycles. The van der Waals surface area contributed by atoms with Gasteiger partial charge in [-0.05, 0) is 26.0 Å². The van der Waals surface area contributed by atoms with Crippen LogP contribution in [-0.2, 0) is 28.5 Å². The van der Waals surface area contributed by atoms with Crippen LogP contribution in [0, 0.1) is 0 Å². The number of benzene rings is 1. The van der Waals surface area contributed by atoms with E-state index in [9.17, 15) is 18.0 Å². The molecule has 1 amide bonds. The van der Waals surface area contributed by atoms with E-state index in [1.807, 2.05) is 0 Å². The number of amides is 1. The Morgan fingerprint density at radius 3 is 2.50 bits per heavy atom. The molecule has 1 aromatic carbocycles. The van der Waals surface area contributed by atoms with Crippen LogP contribution in [0.15, 0.2) is 30.3 Å². The van der Waals surface area contributed by atoms with Crippen molar-refractivity contribution < 1.29 is 36.4 Å². The third-order valence-electron chi connectivity index (χ3n) is 3.44. The van der Waals surface area contributed by atoms with Gasteiger partial charge in [0.15, 0.2) is 5.79 Å². The van der Waals surface area contributed by atoms with Crippen molar-refractivity contribution in [3.8, 4) is 0 Å². The molecule has 0 spiro atoms. The maximum Gasteiger partial charge on any atom is 0.415 e. The minimum Gasteiger partial charge on any atom is -0.373 e. The van der Waals surface area contributed by atoms with Gasteiger partial charge in [0, 0.05) is 0 Å². The first-order valence-electron chi connectivity index (χ1n) is 7.80. The average Bonchev–Trinajstić information content (AvgIpc) is 2.91. The average molecular weight is 387 g/mol. The van der Waals surface area contributed by atoms with Gasteiger partial charge in [-0.2, -0.15) is 8.42 Å². The molecule has 2 rings (SSSR count). The summed E-state index contributed by atoms with van der Waals surface area (Å²) >= 11 is 0. The van der Waals surface area contributed by atoms with Gasteiger partial charge in [-0.1, -0.05) is 18.2 Å². The second-order valence-electron chi connectivity index (χ2n) is 6.15. The molecule has 10 heteroatoms. The second-order valence-corrected chi connectivity index (χ2v) is 7.79. The highest BCUT2D eigenvalue weighted by Gasteiger charge is 2.39. The van der Waals surface area contributed by atoms with Crippen LogP contribution >= 0.6 is 0 Å². The Morgan fingerprint density at radius 2 is 1.96 bits per heavy atom. The van der Waals surface area contributed by atoms with Crippen molar-refractivity contribution in [3.63, 3.8) is 0 Å². The van der Waals surface area contributed by atoms with E-state index in [2.05, 4.69) is 5.32 Å². The molecule has 1 fully saturated rings. The second kappa shape index (κ2) is 8.12. The number of alkyl carbamates (subject to hydrolysis) is 1. The van der Waals surface area contributed by atoms with Crippen LogP contribution in [0.2, 0.25) is 0 Å². The number of esters is 1. The van der Waals surface area contributed by atoms with Gasteiger partial charge in [-0.3, -0.25) is 4.18 Å². The van der Waals surface area contributed by atoms with Gasteiger partial charge in [0.05, 0.1) is 31.1 Å². The summed E-state index contributed by atoms with van der Waals surface area (Å²) in [6, 6.07) is 7.07. The van der Waals surface area contributed by atoms with E-state index in [0.717, 1.165) is 6.26 Å². The third kappa shape index (κ3) is 6.37. The van der Waals surface area contributed by atoms with Crippen molar-refractivity contribution in [2.45, 2.75) is 31.8 Å². The fraction of sp³-hybridized carbons (Fsp3) is 0.500. The Bertz CT molecular complexity index is 747. The quantitative estimate of drug-likeness (QED) is 0.437. The number of carbonyl (C=O) groups excluding carboxylic acids is 2. The van der Waals surface area contributed by atoms with Crippen LogP contribution in [0.1, 0.15) is 24.2 Å². The summed E-state index contributed by atoms with van der Waals surface area (Å²) in [5, 5.41) is 2.39. The van der Waals surface area contributed by atoms with Crippen LogP contribution in [0.3, 0.4) is 0 Å². The van der Waals surface area contributed by atoms with Crippen LogP contribution < -0.4 is 5.32 Å². The summed E-state index contributed by atoms with van der Waals surface area (Å²) in [6.45, 7) is 3.08. The number of hydrogen-bond donors (Lipinski definition) is 1. The molecule has 26 heavy (non-hydrogen) atoms. The number of rotatable bonds is 6. The van der Waals surface area contributed by atoms with Crippen LogP contribution in [0.5, 0.6) is 0 Å². The summed E-state index contributed by atoms with van der Waals surface area (Å²) < 4.78 is 43.0. The normalized spacial score (nSPS) is 20.3. The van der Waals surface area contributed by atoms with Crippen LogP contribution in [-0.4, -0.2) is 57.9 Å². The van der Waals surface area contributed by atoms with Crippen molar-refractivity contribution in [2.24, 2.45) is 0 Å². The zero-order valence-corrected chi connectivity index (χ0v) is 15.4. The predicted molar refractivity (Wildman–Crippen MR) is 89.9 cm³/mol. The molecule has 0 radical (unpaired) electrons. The lowest BCUT2D eigenvalue weighted by Gasteiger charge is -2.24. The van der Waals surface area contributed by atoms with Gasteiger partial charge in [0.2, 0.25) is 0 Å². The zero-order valence-electron chi connectivity index (χ0n) is 14.6. The fourth-order valence-electron chi connectivity index (χ4n) is 2.25. The summed E-state index contributed by atoms with van der Waals surface area (Å²) in [7, 11) is -3.73. The molecule has 2 atom stereocenters. The molecule has 0 saturated carbocycles. The number of nitrogens with one attached hydrogen (secondary N) is 1. The molecule has 2 unspecified atom stereocenters. The fourth-order valence-corrected chi connectivity index (χ4v) is 2.64. The van der Waals surface area contributed by atoms with Crippen molar-refractivity contribution in [3.05, 3.63) is 35.9 Å². The van der Waals surface area contributed by atoms with Gasteiger partial charge < -0.3 is 19.5 Å². The van der Waals surface area contributed by atoms with E-state index in [1.165, 1.54) is 12.1 Å². The molecule has 0 aromatic heterocycles. The first-order valence-corrected chi connectivity index (χ1v) is 9.61. The molecule has 1 heterocycles. The molecular weight excluding hydrogens is 366 g/mol. The summed E-state index contributed by atoms with van der Waals surface area (Å²) in [5.41, 5.74) is 0.202. The van der Waals surface area contributed by atoms with E-state index in [1.54, 1.807) is 32.0 Å². The van der Waals surface area contributed by atoms with Gasteiger partial charge in [-0.25, -0.2) is 9.59 Å². The summed E-state index contributed by atoms with van der Waals surface area (Å²) in [6.07, 6.45) is -0.836. The van der Waals surface area contributed by atoms with Crippen molar-refractivity contribution in [1.82, 2.24) is 5.32 Å². The predicted octanol–water partition coefficient (Wildman–Crippen LogP) is 1.05. The van der Waals surface area contributed by atoms with E-state index in [-0.39, 0.29) is 12.2 Å². The summed E-state index contributed by atoms with van der Waals surface area (Å²) in [5.74, 6) is -1.73. The van der Waals surface area contributed by atoms with Gasteiger partial charge in [0.25, 0.3) is 10.1 Å². The number of hydrogen-bond acceptors (Lipinski definition) is 8. The molecule has 1 aliphatic heterocycles. The zero-order chi connectivity index (χ0) is 19.4. The number of carbonyl (C=O) groups is 2. The van der Waals surface area contributed by atoms with E-state index < -0.39 is 46.7 Å². The first kappa shape index (κ1) is 20.3. The Labute approximate surface area is 151 Å². The topological polar surface area (TPSA) is 117 Å². The maximum absolute atomic E-state index is 12.0. The molecule has 0 bridgehead atoms. The maximum atomic E-state index is 12.0. The first-order chi connectivity index (χ1) is 12.1. The van der Waals surface area contributed by atoms with Gasteiger partial charge in [0.1, 0.15) is 6.10 Å². The van der Waals surface area contributed by atoms with E-state index in [0.29, 0.717) is 0 Å². The van der Waals surface area contributed by atoms with E-state index >= 15 is 0 Å². The lowest BCUT2D eigenvalue weighted by molar-refractivity contribution is -0.142. The molecule has 1 saturated heterocycles. The third-order valence-corrected chi connectivity index (χ3v) is 4.00. The highest BCUT2D eigenvalue weighted by molar-refractivity contribution is 7.85. The molecule has 1 aliphatic rings. The molecular formula is C16H21NO8S. The van der Waals surface area contributed by atoms with Crippen molar-refractivity contribution in [2.75, 3.05) is 19.5 Å². The Hall–Kier alpha value is -2.01. The minimum atomic E-state index is -3.73.